The average Bonchev–Trinajstić information content (AvgIpc) is 2.59. The maximum Gasteiger partial charge on any atom is 0.407 e. The van der Waals surface area contributed by atoms with Crippen LogP contribution in [-0.4, -0.2) is 36.7 Å². The number of hydrogen-bond donors (Lipinski definition) is 2. The van der Waals surface area contributed by atoms with Crippen molar-refractivity contribution in [2.24, 2.45) is 0 Å². The predicted molar refractivity (Wildman–Crippen MR) is 91.1 cm³/mol. The Bertz CT molecular complexity index is 631. The van der Waals surface area contributed by atoms with Gasteiger partial charge in [0.05, 0.1) is 0 Å². The van der Waals surface area contributed by atoms with Gasteiger partial charge in [0.25, 0.3) is 0 Å². The number of hydrogen-bond acceptors (Lipinski definition) is 3. The van der Waals surface area contributed by atoms with Crippen molar-refractivity contribution in [3.8, 4) is 5.75 Å². The third-order valence-corrected chi connectivity index (χ3v) is 3.63. The van der Waals surface area contributed by atoms with Gasteiger partial charge in [-0.15, -0.1) is 0 Å². The second kappa shape index (κ2) is 8.08. The van der Waals surface area contributed by atoms with Gasteiger partial charge >= 0.3 is 6.09 Å². The highest BCUT2D eigenvalue weighted by Crippen LogP contribution is 2.26. The molecule has 2 aromatic carbocycles. The van der Waals surface area contributed by atoms with Gasteiger partial charge in [-0.2, -0.15) is 0 Å². The summed E-state index contributed by atoms with van der Waals surface area (Å²) in [4.78, 5) is 12.2. The summed E-state index contributed by atoms with van der Waals surface area (Å²) in [6, 6.07) is 17.6. The van der Waals surface area contributed by atoms with Gasteiger partial charge < -0.3 is 20.1 Å². The van der Waals surface area contributed by atoms with E-state index in [1.807, 2.05) is 61.6 Å². The van der Waals surface area contributed by atoms with Crippen LogP contribution in [0.1, 0.15) is 18.1 Å². The van der Waals surface area contributed by atoms with Gasteiger partial charge in [0.15, 0.2) is 0 Å². The summed E-state index contributed by atoms with van der Waals surface area (Å²) < 4.78 is 6.11. The molecule has 0 saturated carbocycles. The Kier molecular flexibility index (Phi) is 5.86. The second-order valence-corrected chi connectivity index (χ2v) is 5.29. The van der Waals surface area contributed by atoms with Crippen molar-refractivity contribution in [1.82, 2.24) is 4.90 Å². The highest BCUT2D eigenvalue weighted by atomic mass is 16.5. The van der Waals surface area contributed by atoms with E-state index >= 15 is 0 Å². The molecule has 0 bridgehead atoms. The van der Waals surface area contributed by atoms with Crippen LogP contribution in [0, 0.1) is 0 Å². The molecule has 0 fully saturated rings. The highest BCUT2D eigenvalue weighted by Gasteiger charge is 2.16. The molecule has 1 atom stereocenters. The lowest BCUT2D eigenvalue weighted by Gasteiger charge is -2.22. The molecular formula is C18H22N2O3. The molecule has 0 aromatic heterocycles. The van der Waals surface area contributed by atoms with Crippen LogP contribution in [0.25, 0.3) is 0 Å². The highest BCUT2D eigenvalue weighted by molar-refractivity contribution is 5.64. The molecule has 1 unspecified atom stereocenters. The van der Waals surface area contributed by atoms with E-state index in [9.17, 15) is 4.79 Å². The summed E-state index contributed by atoms with van der Waals surface area (Å²) in [7, 11) is 3.42. The monoisotopic (exact) mass is 314 g/mol. The van der Waals surface area contributed by atoms with Crippen molar-refractivity contribution in [2.75, 3.05) is 26.0 Å². The van der Waals surface area contributed by atoms with Gasteiger partial charge in [-0.05, 0) is 17.7 Å². The van der Waals surface area contributed by atoms with E-state index in [1.54, 1.807) is 7.05 Å². The van der Waals surface area contributed by atoms with E-state index in [0.29, 0.717) is 13.0 Å². The van der Waals surface area contributed by atoms with E-state index in [-0.39, 0.29) is 6.10 Å². The number of carboxylic acid groups (broad SMARTS) is 1. The lowest BCUT2D eigenvalue weighted by atomic mass is 10.1. The first-order valence-electron chi connectivity index (χ1n) is 7.53. The Morgan fingerprint density at radius 3 is 2.61 bits per heavy atom. The van der Waals surface area contributed by atoms with Gasteiger partial charge in [-0.25, -0.2) is 4.79 Å². The molecule has 0 heterocycles. The Morgan fingerprint density at radius 1 is 1.22 bits per heavy atom. The SMILES string of the molecule is CNc1cccc(OC(CCN(C)C(=O)O)c2ccccc2)c1. The largest absolute Gasteiger partial charge is 0.486 e. The van der Waals surface area contributed by atoms with Gasteiger partial charge in [0.2, 0.25) is 0 Å². The fourth-order valence-corrected chi connectivity index (χ4v) is 2.26. The molecule has 2 aromatic rings. The Labute approximate surface area is 136 Å². The lowest BCUT2D eigenvalue weighted by molar-refractivity contribution is 0.140. The van der Waals surface area contributed by atoms with Gasteiger partial charge in [-0.1, -0.05) is 36.4 Å². The van der Waals surface area contributed by atoms with Gasteiger partial charge in [0, 0.05) is 38.8 Å². The summed E-state index contributed by atoms with van der Waals surface area (Å²) in [6.45, 7) is 0.403. The summed E-state index contributed by atoms with van der Waals surface area (Å²) in [5.41, 5.74) is 2.00. The Morgan fingerprint density at radius 2 is 1.96 bits per heavy atom. The average molecular weight is 314 g/mol. The Balaban J connectivity index is 2.14. The molecule has 0 radical (unpaired) electrons. The van der Waals surface area contributed by atoms with Gasteiger partial charge in [-0.3, -0.25) is 0 Å². The minimum absolute atomic E-state index is 0.204. The van der Waals surface area contributed by atoms with Crippen LogP contribution >= 0.6 is 0 Å². The van der Waals surface area contributed by atoms with Crippen LogP contribution in [0.2, 0.25) is 0 Å². The topological polar surface area (TPSA) is 61.8 Å². The molecule has 2 rings (SSSR count). The van der Waals surface area contributed by atoms with Crippen LogP contribution in [0.5, 0.6) is 5.75 Å². The molecule has 0 spiro atoms. The third kappa shape index (κ3) is 4.92. The number of benzene rings is 2. The number of ether oxygens (including phenoxy) is 1. The minimum atomic E-state index is -0.936. The van der Waals surface area contributed by atoms with Crippen LogP contribution in [0.3, 0.4) is 0 Å². The standard InChI is InChI=1S/C18H22N2O3/c1-19-15-9-6-10-16(13-15)23-17(11-12-20(2)18(21)22)14-7-4-3-5-8-14/h3-10,13,17,19H,11-12H2,1-2H3,(H,21,22). The van der Waals surface area contributed by atoms with E-state index in [1.165, 1.54) is 4.90 Å². The van der Waals surface area contributed by atoms with E-state index in [4.69, 9.17) is 9.84 Å². The number of anilines is 1. The molecule has 1 amide bonds. The number of rotatable bonds is 7. The molecule has 0 saturated heterocycles. The summed E-state index contributed by atoms with van der Waals surface area (Å²) in [5.74, 6) is 0.753. The number of nitrogens with zero attached hydrogens (tertiary/aromatic N) is 1. The lowest BCUT2D eigenvalue weighted by Crippen LogP contribution is -2.27. The first kappa shape index (κ1) is 16.7. The van der Waals surface area contributed by atoms with E-state index in [0.717, 1.165) is 17.0 Å². The zero-order valence-corrected chi connectivity index (χ0v) is 13.4. The third-order valence-electron chi connectivity index (χ3n) is 3.63. The molecule has 0 aliphatic heterocycles. The number of amides is 1. The summed E-state index contributed by atoms with van der Waals surface area (Å²) >= 11 is 0. The zero-order valence-electron chi connectivity index (χ0n) is 13.4. The maximum atomic E-state index is 11.0. The van der Waals surface area contributed by atoms with Crippen molar-refractivity contribution in [3.63, 3.8) is 0 Å². The Hall–Kier alpha value is -2.69. The zero-order chi connectivity index (χ0) is 16.7. The second-order valence-electron chi connectivity index (χ2n) is 5.29. The first-order chi connectivity index (χ1) is 11.1. The van der Waals surface area contributed by atoms with Crippen LogP contribution in [0.4, 0.5) is 10.5 Å². The molecule has 0 aliphatic rings. The van der Waals surface area contributed by atoms with Crippen LogP contribution in [0.15, 0.2) is 54.6 Å². The molecule has 122 valence electrons. The van der Waals surface area contributed by atoms with E-state index in [2.05, 4.69) is 5.32 Å². The van der Waals surface area contributed by atoms with Crippen molar-refractivity contribution < 1.29 is 14.6 Å². The fourth-order valence-electron chi connectivity index (χ4n) is 2.26. The van der Waals surface area contributed by atoms with Crippen LogP contribution in [-0.2, 0) is 0 Å². The van der Waals surface area contributed by atoms with Crippen molar-refractivity contribution in [1.29, 1.82) is 0 Å². The normalized spacial score (nSPS) is 11.6. The number of nitrogens with one attached hydrogen (secondary N) is 1. The summed E-state index contributed by atoms with van der Waals surface area (Å²) in [5, 5.41) is 12.1. The van der Waals surface area contributed by atoms with Crippen LogP contribution < -0.4 is 10.1 Å². The molecule has 23 heavy (non-hydrogen) atoms. The maximum absolute atomic E-state index is 11.0. The fraction of sp³-hybridized carbons (Fsp3) is 0.278. The minimum Gasteiger partial charge on any atom is -0.486 e. The van der Waals surface area contributed by atoms with Crippen molar-refractivity contribution in [3.05, 3.63) is 60.2 Å². The molecule has 5 heteroatoms. The summed E-state index contributed by atoms with van der Waals surface area (Å²) in [6.07, 6.45) is -0.560. The first-order valence-corrected chi connectivity index (χ1v) is 7.53. The smallest absolute Gasteiger partial charge is 0.407 e. The molecule has 5 nitrogen and oxygen atoms in total. The van der Waals surface area contributed by atoms with Crippen molar-refractivity contribution in [2.45, 2.75) is 12.5 Å². The predicted octanol–water partition coefficient (Wildman–Crippen LogP) is 3.85. The molecule has 2 N–H and O–H groups in total. The quantitative estimate of drug-likeness (QED) is 0.815. The van der Waals surface area contributed by atoms with Gasteiger partial charge in [0.1, 0.15) is 11.9 Å². The molecule has 0 aliphatic carbocycles. The number of carbonyl (C=O) groups is 1. The van der Waals surface area contributed by atoms with E-state index < -0.39 is 6.09 Å². The molecular weight excluding hydrogens is 292 g/mol. The van der Waals surface area contributed by atoms with Crippen molar-refractivity contribution >= 4 is 11.8 Å².